The van der Waals surface area contributed by atoms with Gasteiger partial charge >= 0.3 is 0 Å². The minimum absolute atomic E-state index is 0.232. The molecular formula is C20H21N7O2S3. The zero-order valence-electron chi connectivity index (χ0n) is 17.4. The SMILES string of the molecule is CSc1cnc(NC[C@H](C)CNc2nc3ccc(C(=O)NC4=NC(=O)CS4)cc3s2)nc1. The van der Waals surface area contributed by atoms with Crippen LogP contribution in [0.1, 0.15) is 17.3 Å². The van der Waals surface area contributed by atoms with Gasteiger partial charge in [0.1, 0.15) is 0 Å². The Morgan fingerprint density at radius 3 is 2.72 bits per heavy atom. The summed E-state index contributed by atoms with van der Waals surface area (Å²) in [6.07, 6.45) is 5.60. The molecule has 0 radical (unpaired) electrons. The molecule has 1 aliphatic heterocycles. The van der Waals surface area contributed by atoms with Crippen LogP contribution in [-0.4, -0.2) is 57.0 Å². The van der Waals surface area contributed by atoms with Crippen LogP contribution < -0.4 is 16.0 Å². The van der Waals surface area contributed by atoms with E-state index in [1.54, 1.807) is 36.3 Å². The van der Waals surface area contributed by atoms with Crippen molar-refractivity contribution < 1.29 is 9.59 Å². The van der Waals surface area contributed by atoms with E-state index in [4.69, 9.17) is 0 Å². The molecule has 9 nitrogen and oxygen atoms in total. The molecule has 2 aromatic heterocycles. The van der Waals surface area contributed by atoms with Crippen molar-refractivity contribution in [2.24, 2.45) is 10.9 Å². The predicted molar refractivity (Wildman–Crippen MR) is 132 cm³/mol. The number of thiazole rings is 1. The molecule has 0 aliphatic carbocycles. The second-order valence-corrected chi connectivity index (χ2v) is 9.94. The first kappa shape index (κ1) is 22.5. The van der Waals surface area contributed by atoms with Crippen molar-refractivity contribution in [3.63, 3.8) is 0 Å². The van der Waals surface area contributed by atoms with Crippen molar-refractivity contribution in [1.82, 2.24) is 20.3 Å². The minimum atomic E-state index is -0.289. The van der Waals surface area contributed by atoms with Gasteiger partial charge in [-0.25, -0.2) is 15.0 Å². The van der Waals surface area contributed by atoms with Crippen LogP contribution in [0.25, 0.3) is 10.2 Å². The fourth-order valence-electron chi connectivity index (χ4n) is 2.79. The van der Waals surface area contributed by atoms with E-state index in [-0.39, 0.29) is 17.6 Å². The maximum Gasteiger partial charge on any atom is 0.258 e. The number of hydrogen-bond acceptors (Lipinski definition) is 10. The van der Waals surface area contributed by atoms with Crippen molar-refractivity contribution >= 4 is 73.1 Å². The number of carbonyl (C=O) groups is 2. The quantitative estimate of drug-likeness (QED) is 0.411. The van der Waals surface area contributed by atoms with Crippen LogP contribution in [0.2, 0.25) is 0 Å². The van der Waals surface area contributed by atoms with Gasteiger partial charge in [-0.15, -0.1) is 11.8 Å². The van der Waals surface area contributed by atoms with Crippen molar-refractivity contribution in [2.45, 2.75) is 11.8 Å². The molecule has 4 rings (SSSR count). The Balaban J connectivity index is 1.30. The summed E-state index contributed by atoms with van der Waals surface area (Å²) in [5, 5.41) is 10.4. The first-order valence-corrected chi connectivity index (χ1v) is 12.8. The molecule has 1 aliphatic rings. The average molecular weight is 488 g/mol. The van der Waals surface area contributed by atoms with E-state index in [0.29, 0.717) is 22.6 Å². The summed E-state index contributed by atoms with van der Waals surface area (Å²) in [5.41, 5.74) is 1.32. The van der Waals surface area contributed by atoms with Crippen LogP contribution in [0.5, 0.6) is 0 Å². The second kappa shape index (κ2) is 10.3. The summed E-state index contributed by atoms with van der Waals surface area (Å²) in [4.78, 5) is 41.6. The lowest BCUT2D eigenvalue weighted by Crippen LogP contribution is -2.27. The van der Waals surface area contributed by atoms with Gasteiger partial charge in [-0.2, -0.15) is 4.99 Å². The van der Waals surface area contributed by atoms with Crippen LogP contribution in [0.15, 0.2) is 40.5 Å². The molecule has 32 heavy (non-hydrogen) atoms. The number of amides is 2. The maximum absolute atomic E-state index is 12.4. The lowest BCUT2D eigenvalue weighted by molar-refractivity contribution is -0.115. The van der Waals surface area contributed by atoms with Gasteiger partial charge in [-0.1, -0.05) is 30.0 Å². The fourth-order valence-corrected chi connectivity index (χ4v) is 4.68. The molecule has 3 heterocycles. The van der Waals surface area contributed by atoms with Gasteiger partial charge in [0.05, 0.1) is 16.0 Å². The van der Waals surface area contributed by atoms with Crippen LogP contribution >= 0.6 is 34.9 Å². The van der Waals surface area contributed by atoms with Crippen molar-refractivity contribution in [3.05, 3.63) is 36.2 Å². The molecule has 0 unspecified atom stereocenters. The Kier molecular flexibility index (Phi) is 7.22. The molecule has 0 fully saturated rings. The molecule has 0 bridgehead atoms. The van der Waals surface area contributed by atoms with E-state index in [1.165, 1.54) is 23.1 Å². The number of hydrogen-bond donors (Lipinski definition) is 3. The average Bonchev–Trinajstić information content (AvgIpc) is 3.41. The lowest BCUT2D eigenvalue weighted by atomic mass is 10.2. The predicted octanol–water partition coefficient (Wildman–Crippen LogP) is 3.33. The molecule has 1 aromatic carbocycles. The van der Waals surface area contributed by atoms with E-state index >= 15 is 0 Å². The first-order chi connectivity index (χ1) is 15.5. The van der Waals surface area contributed by atoms with Crippen molar-refractivity contribution in [1.29, 1.82) is 0 Å². The molecular weight excluding hydrogens is 466 g/mol. The van der Waals surface area contributed by atoms with Crippen LogP contribution in [-0.2, 0) is 4.79 Å². The third kappa shape index (κ3) is 5.75. The number of anilines is 2. The zero-order valence-corrected chi connectivity index (χ0v) is 19.9. The normalized spacial score (nSPS) is 14.3. The highest BCUT2D eigenvalue weighted by molar-refractivity contribution is 8.14. The first-order valence-electron chi connectivity index (χ1n) is 9.80. The number of rotatable bonds is 8. The number of thioether (sulfide) groups is 2. The molecule has 3 aromatic rings. The number of amidine groups is 1. The smallest absolute Gasteiger partial charge is 0.258 e. The molecule has 0 saturated carbocycles. The number of fused-ring (bicyclic) bond motifs is 1. The summed E-state index contributed by atoms with van der Waals surface area (Å²) in [6, 6.07) is 5.34. The standard InChI is InChI=1S/C20H21N7O2S3/c1-11(6-21-18-22-8-13(30-2)9-23-18)7-24-19-25-14-4-3-12(5-15(14)32-19)17(29)27-20-26-16(28)10-31-20/h3-5,8-9,11H,6-7,10H2,1-2H3,(H,24,25)(H,21,22,23)(H,26,27,28,29)/t11-/m0/s1. The third-order valence-corrected chi connectivity index (χ3v) is 7.02. The number of nitrogens with one attached hydrogen (secondary N) is 3. The highest BCUT2D eigenvalue weighted by Crippen LogP contribution is 2.27. The van der Waals surface area contributed by atoms with Gasteiger partial charge in [0.25, 0.3) is 11.8 Å². The fraction of sp³-hybridized carbons (Fsp3) is 0.300. The Labute approximate surface area is 197 Å². The highest BCUT2D eigenvalue weighted by Gasteiger charge is 2.18. The number of aliphatic imine (C=N–C) groups is 1. The number of carbonyl (C=O) groups excluding carboxylic acids is 2. The van der Waals surface area contributed by atoms with Gasteiger partial charge in [-0.3, -0.25) is 9.59 Å². The summed E-state index contributed by atoms with van der Waals surface area (Å²) in [7, 11) is 0. The van der Waals surface area contributed by atoms with Crippen LogP contribution in [0.4, 0.5) is 11.1 Å². The summed E-state index contributed by atoms with van der Waals surface area (Å²) in [6.45, 7) is 3.58. The third-order valence-electron chi connectivity index (χ3n) is 4.50. The van der Waals surface area contributed by atoms with Crippen molar-refractivity contribution in [3.8, 4) is 0 Å². The van der Waals surface area contributed by atoms with Gasteiger partial charge in [0.15, 0.2) is 10.3 Å². The second-order valence-electron chi connectivity index (χ2n) is 7.07. The van der Waals surface area contributed by atoms with E-state index in [1.807, 2.05) is 12.3 Å². The van der Waals surface area contributed by atoms with E-state index < -0.39 is 0 Å². The Bertz CT molecular complexity index is 1160. The van der Waals surface area contributed by atoms with E-state index in [9.17, 15) is 9.59 Å². The summed E-state index contributed by atoms with van der Waals surface area (Å²) in [5.74, 6) is 0.683. The minimum Gasteiger partial charge on any atom is -0.361 e. The Morgan fingerprint density at radius 1 is 1.22 bits per heavy atom. The molecule has 166 valence electrons. The molecule has 3 N–H and O–H groups in total. The summed E-state index contributed by atoms with van der Waals surface area (Å²) >= 11 is 4.33. The highest BCUT2D eigenvalue weighted by atomic mass is 32.2. The number of benzene rings is 1. The van der Waals surface area contributed by atoms with Crippen LogP contribution in [0.3, 0.4) is 0 Å². The van der Waals surface area contributed by atoms with E-state index in [2.05, 4.69) is 42.8 Å². The maximum atomic E-state index is 12.4. The number of nitrogens with zero attached hydrogens (tertiary/aromatic N) is 4. The molecule has 12 heteroatoms. The molecule has 0 spiro atoms. The molecule has 1 atom stereocenters. The number of aromatic nitrogens is 3. The zero-order chi connectivity index (χ0) is 22.5. The lowest BCUT2D eigenvalue weighted by Gasteiger charge is -2.13. The van der Waals surface area contributed by atoms with Gasteiger partial charge in [-0.05, 0) is 30.4 Å². The Hall–Kier alpha value is -2.70. The van der Waals surface area contributed by atoms with Gasteiger partial charge < -0.3 is 16.0 Å². The van der Waals surface area contributed by atoms with Gasteiger partial charge in [0.2, 0.25) is 5.95 Å². The van der Waals surface area contributed by atoms with E-state index in [0.717, 1.165) is 33.3 Å². The molecule has 0 saturated heterocycles. The monoisotopic (exact) mass is 487 g/mol. The van der Waals surface area contributed by atoms with Crippen LogP contribution in [0, 0.1) is 5.92 Å². The van der Waals surface area contributed by atoms with Crippen molar-refractivity contribution in [2.75, 3.05) is 35.7 Å². The molecule has 2 amide bonds. The Morgan fingerprint density at radius 2 is 2.00 bits per heavy atom. The largest absolute Gasteiger partial charge is 0.361 e. The topological polar surface area (TPSA) is 121 Å². The van der Waals surface area contributed by atoms with Gasteiger partial charge in [0, 0.05) is 35.9 Å². The summed E-state index contributed by atoms with van der Waals surface area (Å²) < 4.78 is 0.908.